The van der Waals surface area contributed by atoms with Crippen molar-refractivity contribution >= 4 is 28.9 Å². The molecule has 3 rings (SSSR count). The van der Waals surface area contributed by atoms with E-state index < -0.39 is 4.92 Å². The quantitative estimate of drug-likeness (QED) is 0.379. The third-order valence-corrected chi connectivity index (χ3v) is 4.55. The molecule has 0 radical (unpaired) electrons. The van der Waals surface area contributed by atoms with E-state index in [4.69, 9.17) is 0 Å². The van der Waals surface area contributed by atoms with E-state index in [0.717, 1.165) is 11.1 Å². The van der Waals surface area contributed by atoms with Crippen LogP contribution >= 0.6 is 0 Å². The van der Waals surface area contributed by atoms with Crippen molar-refractivity contribution in [2.75, 3.05) is 17.2 Å². The number of nitro groups is 1. The minimum atomic E-state index is -0.506. The molecule has 0 saturated heterocycles. The van der Waals surface area contributed by atoms with Crippen LogP contribution in [0.3, 0.4) is 0 Å². The Labute approximate surface area is 179 Å². The second-order valence-corrected chi connectivity index (χ2v) is 6.92. The van der Waals surface area contributed by atoms with Crippen LogP contribution in [0.5, 0.6) is 0 Å². The van der Waals surface area contributed by atoms with Crippen molar-refractivity contribution in [2.24, 2.45) is 0 Å². The summed E-state index contributed by atoms with van der Waals surface area (Å²) in [6.45, 7) is 2.33. The number of carbonyl (C=O) groups excluding carboxylic acids is 2. The number of hydrogen-bond donors (Lipinski definition) is 3. The molecule has 8 heteroatoms. The Kier molecular flexibility index (Phi) is 6.95. The van der Waals surface area contributed by atoms with E-state index in [0.29, 0.717) is 23.5 Å². The predicted octanol–water partition coefficient (Wildman–Crippen LogP) is 3.88. The van der Waals surface area contributed by atoms with Crippen LogP contribution in [0.2, 0.25) is 0 Å². The first-order valence-corrected chi connectivity index (χ1v) is 9.63. The molecule has 0 spiro atoms. The number of nitrogens with zero attached hydrogens (tertiary/aromatic N) is 1. The Morgan fingerprint density at radius 3 is 2.29 bits per heavy atom. The molecule has 158 valence electrons. The van der Waals surface area contributed by atoms with Gasteiger partial charge in [0.25, 0.3) is 11.6 Å². The minimum absolute atomic E-state index is 0.0540. The number of aryl methyl sites for hydroxylation is 1. The van der Waals surface area contributed by atoms with E-state index in [1.165, 1.54) is 24.3 Å². The molecule has 0 aromatic heterocycles. The van der Waals surface area contributed by atoms with Crippen LogP contribution in [0.1, 0.15) is 21.5 Å². The van der Waals surface area contributed by atoms with Gasteiger partial charge in [-0.1, -0.05) is 42.0 Å². The molecule has 0 aliphatic heterocycles. The van der Waals surface area contributed by atoms with E-state index in [-0.39, 0.29) is 24.0 Å². The second-order valence-electron chi connectivity index (χ2n) is 6.92. The maximum absolute atomic E-state index is 12.6. The van der Waals surface area contributed by atoms with Crippen molar-refractivity contribution in [3.05, 3.63) is 99.6 Å². The SMILES string of the molecule is Cc1ccc(CNC(=O)c2ccccc2NCC(=O)Nc2ccc([N+](=O)[O-])cc2)cc1. The van der Waals surface area contributed by atoms with E-state index in [1.54, 1.807) is 24.3 Å². The van der Waals surface area contributed by atoms with Gasteiger partial charge in [-0.25, -0.2) is 0 Å². The molecule has 3 aromatic rings. The van der Waals surface area contributed by atoms with Gasteiger partial charge in [0.2, 0.25) is 5.91 Å². The number of carbonyl (C=O) groups is 2. The number of nitrogens with one attached hydrogen (secondary N) is 3. The first-order valence-electron chi connectivity index (χ1n) is 9.63. The number of para-hydroxylation sites is 1. The standard InChI is InChI=1S/C23H22N4O4/c1-16-6-8-17(9-7-16)14-25-23(29)20-4-2-3-5-21(20)24-15-22(28)26-18-10-12-19(13-11-18)27(30)31/h2-13,24H,14-15H2,1H3,(H,25,29)(H,26,28). The van der Waals surface area contributed by atoms with E-state index >= 15 is 0 Å². The third-order valence-electron chi connectivity index (χ3n) is 4.55. The normalized spacial score (nSPS) is 10.2. The number of nitro benzene ring substituents is 1. The molecule has 2 amide bonds. The molecule has 0 aliphatic carbocycles. The average Bonchev–Trinajstić information content (AvgIpc) is 2.77. The van der Waals surface area contributed by atoms with Crippen LogP contribution in [0.25, 0.3) is 0 Å². The lowest BCUT2D eigenvalue weighted by Crippen LogP contribution is -2.26. The molecule has 0 saturated carbocycles. The van der Waals surface area contributed by atoms with Crippen molar-refractivity contribution < 1.29 is 14.5 Å². The number of benzene rings is 3. The minimum Gasteiger partial charge on any atom is -0.376 e. The summed E-state index contributed by atoms with van der Waals surface area (Å²) in [5.74, 6) is -0.594. The van der Waals surface area contributed by atoms with Crippen LogP contribution < -0.4 is 16.0 Å². The fourth-order valence-electron chi connectivity index (χ4n) is 2.87. The lowest BCUT2D eigenvalue weighted by Gasteiger charge is -2.12. The Balaban J connectivity index is 1.56. The van der Waals surface area contributed by atoms with Gasteiger partial charge in [-0.05, 0) is 36.8 Å². The molecular formula is C23H22N4O4. The molecule has 0 unspecified atom stereocenters. The molecule has 3 N–H and O–H groups in total. The average molecular weight is 418 g/mol. The van der Waals surface area contributed by atoms with Gasteiger partial charge in [-0.3, -0.25) is 19.7 Å². The van der Waals surface area contributed by atoms with Crippen molar-refractivity contribution in [1.29, 1.82) is 0 Å². The highest BCUT2D eigenvalue weighted by atomic mass is 16.6. The van der Waals surface area contributed by atoms with Gasteiger partial charge >= 0.3 is 0 Å². The van der Waals surface area contributed by atoms with Crippen LogP contribution in [0.4, 0.5) is 17.1 Å². The Morgan fingerprint density at radius 1 is 0.935 bits per heavy atom. The summed E-state index contributed by atoms with van der Waals surface area (Å²) in [5.41, 5.74) is 3.49. The number of rotatable bonds is 8. The third kappa shape index (κ3) is 6.14. The van der Waals surface area contributed by atoms with Crippen LogP contribution in [-0.2, 0) is 11.3 Å². The van der Waals surface area contributed by atoms with Gasteiger partial charge in [0.05, 0.1) is 17.0 Å². The van der Waals surface area contributed by atoms with Crippen molar-refractivity contribution in [2.45, 2.75) is 13.5 Å². The van der Waals surface area contributed by atoms with Gasteiger partial charge in [0, 0.05) is 30.1 Å². The first kappa shape index (κ1) is 21.5. The Morgan fingerprint density at radius 2 is 1.61 bits per heavy atom. The molecule has 3 aromatic carbocycles. The summed E-state index contributed by atoms with van der Waals surface area (Å²) in [6.07, 6.45) is 0. The van der Waals surface area contributed by atoms with E-state index in [2.05, 4.69) is 16.0 Å². The zero-order chi connectivity index (χ0) is 22.2. The summed E-state index contributed by atoms with van der Waals surface area (Å²) < 4.78 is 0. The van der Waals surface area contributed by atoms with Gasteiger partial charge in [0.15, 0.2) is 0 Å². The molecule has 31 heavy (non-hydrogen) atoms. The largest absolute Gasteiger partial charge is 0.376 e. The summed E-state index contributed by atoms with van der Waals surface area (Å²) in [7, 11) is 0. The maximum atomic E-state index is 12.6. The van der Waals surface area contributed by atoms with E-state index in [1.807, 2.05) is 31.2 Å². The summed E-state index contributed by atoms with van der Waals surface area (Å²) >= 11 is 0. The molecule has 0 atom stereocenters. The predicted molar refractivity (Wildman–Crippen MR) is 119 cm³/mol. The fourth-order valence-corrected chi connectivity index (χ4v) is 2.87. The van der Waals surface area contributed by atoms with Crippen LogP contribution in [0.15, 0.2) is 72.8 Å². The highest BCUT2D eigenvalue weighted by molar-refractivity contribution is 6.00. The Hall–Kier alpha value is -4.20. The Bertz CT molecular complexity index is 1080. The lowest BCUT2D eigenvalue weighted by molar-refractivity contribution is -0.384. The van der Waals surface area contributed by atoms with E-state index in [9.17, 15) is 19.7 Å². The number of non-ortho nitro benzene ring substituents is 1. The molecule has 0 bridgehead atoms. The summed E-state index contributed by atoms with van der Waals surface area (Å²) in [4.78, 5) is 35.0. The lowest BCUT2D eigenvalue weighted by atomic mass is 10.1. The van der Waals surface area contributed by atoms with Crippen molar-refractivity contribution in [1.82, 2.24) is 5.32 Å². The molecule has 0 heterocycles. The smallest absolute Gasteiger partial charge is 0.269 e. The molecule has 0 fully saturated rings. The topological polar surface area (TPSA) is 113 Å². The molecule has 0 aliphatic rings. The van der Waals surface area contributed by atoms with Crippen molar-refractivity contribution in [3.8, 4) is 0 Å². The molecular weight excluding hydrogens is 396 g/mol. The number of amides is 2. The van der Waals surface area contributed by atoms with Gasteiger partial charge < -0.3 is 16.0 Å². The second kappa shape index (κ2) is 10.0. The van der Waals surface area contributed by atoms with Gasteiger partial charge in [0.1, 0.15) is 0 Å². The summed E-state index contributed by atoms with van der Waals surface area (Å²) in [5, 5.41) is 19.2. The van der Waals surface area contributed by atoms with Crippen LogP contribution in [-0.4, -0.2) is 23.3 Å². The molecule has 8 nitrogen and oxygen atoms in total. The van der Waals surface area contributed by atoms with Crippen LogP contribution in [0, 0.1) is 17.0 Å². The fraction of sp³-hybridized carbons (Fsp3) is 0.130. The highest BCUT2D eigenvalue weighted by Crippen LogP contribution is 2.17. The number of anilines is 2. The zero-order valence-corrected chi connectivity index (χ0v) is 16.9. The maximum Gasteiger partial charge on any atom is 0.269 e. The summed E-state index contributed by atoms with van der Waals surface area (Å²) in [6, 6.07) is 20.4. The zero-order valence-electron chi connectivity index (χ0n) is 16.9. The van der Waals surface area contributed by atoms with Crippen molar-refractivity contribution in [3.63, 3.8) is 0 Å². The number of hydrogen-bond acceptors (Lipinski definition) is 5. The van der Waals surface area contributed by atoms with Gasteiger partial charge in [-0.15, -0.1) is 0 Å². The first-order chi connectivity index (χ1) is 14.9. The van der Waals surface area contributed by atoms with Gasteiger partial charge in [-0.2, -0.15) is 0 Å². The monoisotopic (exact) mass is 418 g/mol. The highest BCUT2D eigenvalue weighted by Gasteiger charge is 2.12.